The van der Waals surface area contributed by atoms with E-state index in [2.05, 4.69) is 25.8 Å². The predicted molar refractivity (Wildman–Crippen MR) is 131 cm³/mol. The maximum absolute atomic E-state index is 13.3. The van der Waals surface area contributed by atoms with Gasteiger partial charge in [-0.05, 0) is 68.9 Å². The highest BCUT2D eigenvalue weighted by atomic mass is 35.5. The highest BCUT2D eigenvalue weighted by Gasteiger charge is 2.49. The van der Waals surface area contributed by atoms with Gasteiger partial charge in [-0.1, -0.05) is 23.7 Å². The first kappa shape index (κ1) is 24.8. The van der Waals surface area contributed by atoms with Gasteiger partial charge < -0.3 is 21.3 Å². The fourth-order valence-corrected chi connectivity index (χ4v) is 4.60. The Bertz CT molecular complexity index is 1180. The third kappa shape index (κ3) is 5.04. The minimum Gasteiger partial charge on any atom is -0.367 e. The van der Waals surface area contributed by atoms with E-state index in [1.54, 1.807) is 24.3 Å². The Balaban J connectivity index is 1.52. The maximum Gasteiger partial charge on any atom is 0.268 e. The molecule has 0 aliphatic carbocycles. The van der Waals surface area contributed by atoms with E-state index in [9.17, 15) is 18.8 Å². The van der Waals surface area contributed by atoms with E-state index in [0.29, 0.717) is 11.3 Å². The van der Waals surface area contributed by atoms with Crippen molar-refractivity contribution in [3.05, 3.63) is 64.4 Å². The molecular weight excluding hydrogens is 475 g/mol. The highest BCUT2D eigenvalue weighted by molar-refractivity contribution is 6.47. The van der Waals surface area contributed by atoms with Gasteiger partial charge in [0.25, 0.3) is 11.8 Å². The van der Waals surface area contributed by atoms with Crippen molar-refractivity contribution < 1.29 is 18.8 Å². The van der Waals surface area contributed by atoms with Crippen LogP contribution in [-0.2, 0) is 15.1 Å². The summed E-state index contributed by atoms with van der Waals surface area (Å²) in [5.74, 6) is -2.27. The van der Waals surface area contributed by atoms with Crippen molar-refractivity contribution in [2.24, 2.45) is 10.7 Å². The SMILES string of the molecule is CN1CCC(NC(=O)C2=NCNC2(C(N)=O)c2ccc(NC(=O)c3ccc(F)cc3Cl)cc2)CC1. The minimum absolute atomic E-state index is 0.0107. The molecule has 1 unspecified atom stereocenters. The number of aliphatic imine (C=N–C) groups is 1. The number of likely N-dealkylation sites (tertiary alicyclic amines) is 1. The summed E-state index contributed by atoms with van der Waals surface area (Å²) in [5, 5.41) is 8.62. The molecule has 184 valence electrons. The Morgan fingerprint density at radius 2 is 1.83 bits per heavy atom. The second-order valence-electron chi connectivity index (χ2n) is 8.66. The van der Waals surface area contributed by atoms with E-state index >= 15 is 0 Å². The van der Waals surface area contributed by atoms with Crippen LogP contribution in [0.2, 0.25) is 5.02 Å². The van der Waals surface area contributed by atoms with Crippen molar-refractivity contribution in [3.8, 4) is 0 Å². The van der Waals surface area contributed by atoms with Gasteiger partial charge in [-0.15, -0.1) is 0 Å². The van der Waals surface area contributed by atoms with Gasteiger partial charge in [0, 0.05) is 11.7 Å². The van der Waals surface area contributed by atoms with E-state index < -0.39 is 29.1 Å². The Hall–Kier alpha value is -3.34. The zero-order valence-electron chi connectivity index (χ0n) is 19.1. The molecule has 5 N–H and O–H groups in total. The summed E-state index contributed by atoms with van der Waals surface area (Å²) in [4.78, 5) is 44.8. The number of nitrogens with one attached hydrogen (secondary N) is 3. The number of rotatable bonds is 6. The molecule has 0 saturated carbocycles. The Kier molecular flexibility index (Phi) is 7.15. The van der Waals surface area contributed by atoms with E-state index in [-0.39, 0.29) is 29.0 Å². The number of piperidine rings is 1. The van der Waals surface area contributed by atoms with Gasteiger partial charge in [-0.2, -0.15) is 0 Å². The molecule has 2 aliphatic heterocycles. The zero-order chi connectivity index (χ0) is 25.2. The van der Waals surface area contributed by atoms with E-state index in [1.165, 1.54) is 6.07 Å². The van der Waals surface area contributed by atoms with Crippen molar-refractivity contribution in [2.45, 2.75) is 24.4 Å². The van der Waals surface area contributed by atoms with Crippen molar-refractivity contribution >= 4 is 40.7 Å². The summed E-state index contributed by atoms with van der Waals surface area (Å²) in [7, 11) is 2.03. The Morgan fingerprint density at radius 3 is 2.46 bits per heavy atom. The van der Waals surface area contributed by atoms with Gasteiger partial charge in [0.05, 0.1) is 17.3 Å². The third-order valence-electron chi connectivity index (χ3n) is 6.33. The Labute approximate surface area is 206 Å². The van der Waals surface area contributed by atoms with Crippen LogP contribution in [0.1, 0.15) is 28.8 Å². The molecule has 0 bridgehead atoms. The summed E-state index contributed by atoms with van der Waals surface area (Å²) in [5.41, 5.74) is 5.13. The molecule has 11 heteroatoms. The maximum atomic E-state index is 13.3. The lowest BCUT2D eigenvalue weighted by atomic mass is 9.84. The number of carbonyl (C=O) groups is 3. The zero-order valence-corrected chi connectivity index (χ0v) is 19.9. The molecule has 2 heterocycles. The summed E-state index contributed by atoms with van der Waals surface area (Å²) >= 11 is 5.96. The number of primary amides is 1. The number of amides is 3. The number of carbonyl (C=O) groups excluding carboxylic acids is 3. The van der Waals surface area contributed by atoms with Crippen LogP contribution in [0.4, 0.5) is 10.1 Å². The van der Waals surface area contributed by atoms with Crippen LogP contribution in [0.5, 0.6) is 0 Å². The summed E-state index contributed by atoms with van der Waals surface area (Å²) in [6.07, 6.45) is 1.61. The molecule has 2 aliphatic rings. The van der Waals surface area contributed by atoms with Crippen LogP contribution in [0.3, 0.4) is 0 Å². The summed E-state index contributed by atoms with van der Waals surface area (Å²) < 4.78 is 13.3. The van der Waals surface area contributed by atoms with Crippen molar-refractivity contribution in [1.29, 1.82) is 0 Å². The number of benzene rings is 2. The van der Waals surface area contributed by atoms with Crippen LogP contribution in [0.15, 0.2) is 47.5 Å². The van der Waals surface area contributed by atoms with E-state index in [0.717, 1.165) is 38.1 Å². The lowest BCUT2D eigenvalue weighted by Gasteiger charge is -2.32. The summed E-state index contributed by atoms with van der Waals surface area (Å²) in [6, 6.07) is 9.79. The summed E-state index contributed by atoms with van der Waals surface area (Å²) in [6.45, 7) is 1.79. The molecule has 1 saturated heterocycles. The lowest BCUT2D eigenvalue weighted by Crippen LogP contribution is -2.59. The first-order chi connectivity index (χ1) is 16.7. The largest absolute Gasteiger partial charge is 0.367 e. The fraction of sp³-hybridized carbons (Fsp3) is 0.333. The quantitative estimate of drug-likeness (QED) is 0.479. The molecule has 0 aromatic heterocycles. The molecule has 1 fully saturated rings. The number of nitrogens with zero attached hydrogens (tertiary/aromatic N) is 2. The van der Waals surface area contributed by atoms with Crippen LogP contribution in [0.25, 0.3) is 0 Å². The smallest absolute Gasteiger partial charge is 0.268 e. The van der Waals surface area contributed by atoms with Gasteiger partial charge in [-0.25, -0.2) is 4.39 Å². The van der Waals surface area contributed by atoms with Gasteiger partial charge in [0.15, 0.2) is 5.54 Å². The monoisotopic (exact) mass is 500 g/mol. The predicted octanol–water partition coefficient (Wildman–Crippen LogP) is 1.62. The Morgan fingerprint density at radius 1 is 1.14 bits per heavy atom. The molecule has 4 rings (SSSR count). The van der Waals surface area contributed by atoms with Gasteiger partial charge in [-0.3, -0.25) is 24.7 Å². The molecular formula is C24H26ClFN6O3. The topological polar surface area (TPSA) is 129 Å². The first-order valence-corrected chi connectivity index (χ1v) is 11.5. The second kappa shape index (κ2) is 10.1. The molecule has 9 nitrogen and oxygen atoms in total. The number of anilines is 1. The molecule has 2 aromatic carbocycles. The minimum atomic E-state index is -1.60. The molecule has 0 spiro atoms. The van der Waals surface area contributed by atoms with Gasteiger partial charge in [0.2, 0.25) is 5.91 Å². The number of hydrogen-bond donors (Lipinski definition) is 4. The molecule has 35 heavy (non-hydrogen) atoms. The average Bonchev–Trinajstić information content (AvgIpc) is 3.27. The fourth-order valence-electron chi connectivity index (χ4n) is 4.35. The molecule has 2 aromatic rings. The first-order valence-electron chi connectivity index (χ1n) is 11.2. The normalized spacial score (nSPS) is 20.8. The second-order valence-corrected chi connectivity index (χ2v) is 9.07. The van der Waals surface area contributed by atoms with Gasteiger partial charge >= 0.3 is 0 Å². The van der Waals surface area contributed by atoms with Crippen LogP contribution < -0.4 is 21.7 Å². The van der Waals surface area contributed by atoms with Crippen LogP contribution >= 0.6 is 11.6 Å². The molecule has 0 radical (unpaired) electrons. The van der Waals surface area contributed by atoms with Crippen molar-refractivity contribution in [2.75, 3.05) is 32.1 Å². The van der Waals surface area contributed by atoms with Crippen LogP contribution in [0, 0.1) is 5.82 Å². The van der Waals surface area contributed by atoms with Gasteiger partial charge in [0.1, 0.15) is 11.5 Å². The van der Waals surface area contributed by atoms with Crippen molar-refractivity contribution in [1.82, 2.24) is 15.5 Å². The number of nitrogens with two attached hydrogens (primary N) is 1. The third-order valence-corrected chi connectivity index (χ3v) is 6.64. The van der Waals surface area contributed by atoms with E-state index in [4.69, 9.17) is 17.3 Å². The number of halogens is 2. The van der Waals surface area contributed by atoms with E-state index in [1.807, 2.05) is 7.05 Å². The molecule has 3 amide bonds. The van der Waals surface area contributed by atoms with Crippen LogP contribution in [-0.4, -0.2) is 61.2 Å². The molecule has 1 atom stereocenters. The lowest BCUT2D eigenvalue weighted by molar-refractivity contribution is -0.123. The average molecular weight is 501 g/mol. The van der Waals surface area contributed by atoms with Crippen molar-refractivity contribution in [3.63, 3.8) is 0 Å². The number of hydrogen-bond acceptors (Lipinski definition) is 6. The highest BCUT2D eigenvalue weighted by Crippen LogP contribution is 2.29. The standard InChI is InChI=1S/C24H26ClFN6O3/c1-32-10-8-17(9-11-32)31-22(34)20-24(23(27)35,29-13-28-20)14-2-5-16(6-3-14)30-21(33)18-7-4-15(26)12-19(18)25/h2-7,12,17,29H,8-11,13H2,1H3,(H2,27,35)(H,30,33)(H,31,34).